The van der Waals surface area contributed by atoms with Crippen LogP contribution in [0.15, 0.2) is 18.2 Å². The third-order valence-corrected chi connectivity index (χ3v) is 4.83. The number of morpholine rings is 1. The number of rotatable bonds is 3. The van der Waals surface area contributed by atoms with Crippen molar-refractivity contribution in [3.05, 3.63) is 18.2 Å². The third kappa shape index (κ3) is 4.20. The van der Waals surface area contributed by atoms with Crippen LogP contribution in [0.5, 0.6) is 11.5 Å². The Labute approximate surface area is 152 Å². The van der Waals surface area contributed by atoms with Crippen LogP contribution < -0.4 is 14.8 Å². The molecule has 26 heavy (non-hydrogen) atoms. The molecule has 0 saturated carbocycles. The van der Waals surface area contributed by atoms with Crippen LogP contribution in [0.25, 0.3) is 0 Å². The van der Waals surface area contributed by atoms with E-state index in [1.807, 2.05) is 17.0 Å². The van der Waals surface area contributed by atoms with Gasteiger partial charge in [-0.05, 0) is 18.6 Å². The number of urea groups is 1. The largest absolute Gasteiger partial charge is 0.454 e. The molecule has 0 bridgehead atoms. The number of carbonyl (C=O) groups is 1. The van der Waals surface area contributed by atoms with E-state index in [0.717, 1.165) is 39.3 Å². The van der Waals surface area contributed by atoms with Gasteiger partial charge in [0.15, 0.2) is 11.5 Å². The minimum atomic E-state index is -0.110. The number of nitrogens with zero attached hydrogens (tertiary/aromatic N) is 2. The molecule has 3 heterocycles. The number of benzene rings is 1. The van der Waals surface area contributed by atoms with Crippen LogP contribution in [0.3, 0.4) is 0 Å². The van der Waals surface area contributed by atoms with Crippen LogP contribution in [-0.4, -0.2) is 81.3 Å². The highest BCUT2D eigenvalue weighted by Gasteiger charge is 2.25. The van der Waals surface area contributed by atoms with Gasteiger partial charge in [-0.15, -0.1) is 0 Å². The van der Waals surface area contributed by atoms with Crippen molar-refractivity contribution in [1.82, 2.24) is 9.80 Å². The van der Waals surface area contributed by atoms with E-state index in [1.54, 1.807) is 6.07 Å². The maximum Gasteiger partial charge on any atom is 0.321 e. The molecular formula is C18H25N3O5. The smallest absolute Gasteiger partial charge is 0.321 e. The maximum atomic E-state index is 12.7. The number of ether oxygens (including phenoxy) is 4. The normalized spacial score (nSPS) is 23.5. The van der Waals surface area contributed by atoms with Crippen LogP contribution in [0.2, 0.25) is 0 Å². The summed E-state index contributed by atoms with van der Waals surface area (Å²) in [6, 6.07) is 5.32. The first-order chi connectivity index (χ1) is 12.8. The Bertz CT molecular complexity index is 635. The van der Waals surface area contributed by atoms with Crippen LogP contribution >= 0.6 is 0 Å². The zero-order valence-corrected chi connectivity index (χ0v) is 14.8. The van der Waals surface area contributed by atoms with E-state index < -0.39 is 0 Å². The molecule has 3 aliphatic rings. The molecule has 1 N–H and O–H groups in total. The zero-order chi connectivity index (χ0) is 17.8. The topological polar surface area (TPSA) is 72.5 Å². The fraction of sp³-hybridized carbons (Fsp3) is 0.611. The van der Waals surface area contributed by atoms with Gasteiger partial charge in [-0.1, -0.05) is 0 Å². The summed E-state index contributed by atoms with van der Waals surface area (Å²) in [4.78, 5) is 16.9. The molecule has 1 atom stereocenters. The quantitative estimate of drug-likeness (QED) is 0.875. The van der Waals surface area contributed by atoms with E-state index >= 15 is 0 Å². The predicted molar refractivity (Wildman–Crippen MR) is 94.8 cm³/mol. The average molecular weight is 363 g/mol. The van der Waals surface area contributed by atoms with Gasteiger partial charge in [-0.2, -0.15) is 0 Å². The van der Waals surface area contributed by atoms with Gasteiger partial charge in [0.05, 0.1) is 19.3 Å². The third-order valence-electron chi connectivity index (χ3n) is 4.83. The van der Waals surface area contributed by atoms with Gasteiger partial charge >= 0.3 is 6.03 Å². The first-order valence-electron chi connectivity index (χ1n) is 9.15. The average Bonchev–Trinajstić information content (AvgIpc) is 3.00. The molecule has 0 radical (unpaired) electrons. The molecule has 2 amide bonds. The molecule has 8 heteroatoms. The van der Waals surface area contributed by atoms with Crippen LogP contribution in [0, 0.1) is 0 Å². The Hall–Kier alpha value is -2.03. The number of amides is 2. The van der Waals surface area contributed by atoms with Crippen molar-refractivity contribution < 1.29 is 23.7 Å². The highest BCUT2D eigenvalue weighted by atomic mass is 16.7. The summed E-state index contributed by atoms with van der Waals surface area (Å²) in [6.07, 6.45) is 0.867. The fourth-order valence-corrected chi connectivity index (χ4v) is 3.44. The lowest BCUT2D eigenvalue weighted by Gasteiger charge is -2.31. The van der Waals surface area contributed by atoms with Crippen molar-refractivity contribution in [2.75, 3.05) is 64.7 Å². The Morgan fingerprint density at radius 1 is 1.12 bits per heavy atom. The number of anilines is 1. The van der Waals surface area contributed by atoms with Crippen molar-refractivity contribution in [3.8, 4) is 11.5 Å². The van der Waals surface area contributed by atoms with Gasteiger partial charge < -0.3 is 29.2 Å². The molecule has 2 fully saturated rings. The second-order valence-corrected chi connectivity index (χ2v) is 6.70. The molecule has 0 aliphatic carbocycles. The first kappa shape index (κ1) is 17.4. The molecule has 8 nitrogen and oxygen atoms in total. The van der Waals surface area contributed by atoms with Gasteiger partial charge in [-0.3, -0.25) is 4.90 Å². The fourth-order valence-electron chi connectivity index (χ4n) is 3.44. The standard InChI is InChI=1S/C18H25N3O5/c22-18(19-14-2-3-16-17(10-14)26-13-25-16)21-4-1-7-24-15(12-21)11-20-5-8-23-9-6-20/h2-3,10,15H,1,4-9,11-13H2,(H,19,22)/t15-/m1/s1. The van der Waals surface area contributed by atoms with E-state index in [-0.39, 0.29) is 18.9 Å². The monoisotopic (exact) mass is 363 g/mol. The van der Waals surface area contributed by atoms with Gasteiger partial charge in [0.25, 0.3) is 0 Å². The van der Waals surface area contributed by atoms with Crippen LogP contribution in [-0.2, 0) is 9.47 Å². The minimum absolute atomic E-state index is 0.0260. The zero-order valence-electron chi connectivity index (χ0n) is 14.8. The van der Waals surface area contributed by atoms with Gasteiger partial charge in [-0.25, -0.2) is 4.79 Å². The minimum Gasteiger partial charge on any atom is -0.454 e. The highest BCUT2D eigenvalue weighted by Crippen LogP contribution is 2.34. The SMILES string of the molecule is O=C(Nc1ccc2c(c1)OCO2)N1CCCO[C@H](CN2CCOCC2)C1. The van der Waals surface area contributed by atoms with Crippen molar-refractivity contribution in [3.63, 3.8) is 0 Å². The molecule has 4 rings (SSSR count). The number of fused-ring (bicyclic) bond motifs is 1. The number of carbonyl (C=O) groups excluding carboxylic acids is 1. The number of hydrogen-bond acceptors (Lipinski definition) is 6. The summed E-state index contributed by atoms with van der Waals surface area (Å²) in [5, 5.41) is 2.96. The van der Waals surface area contributed by atoms with Crippen molar-refractivity contribution in [1.29, 1.82) is 0 Å². The molecule has 1 aromatic carbocycles. The summed E-state index contributed by atoms with van der Waals surface area (Å²) in [7, 11) is 0. The second-order valence-electron chi connectivity index (χ2n) is 6.70. The summed E-state index contributed by atoms with van der Waals surface area (Å²) in [5.41, 5.74) is 0.703. The van der Waals surface area contributed by atoms with Crippen molar-refractivity contribution in [2.45, 2.75) is 12.5 Å². The number of hydrogen-bond donors (Lipinski definition) is 1. The van der Waals surface area contributed by atoms with Gasteiger partial charge in [0, 0.05) is 51.1 Å². The van der Waals surface area contributed by atoms with Crippen molar-refractivity contribution in [2.24, 2.45) is 0 Å². The van der Waals surface area contributed by atoms with E-state index in [2.05, 4.69) is 10.2 Å². The van der Waals surface area contributed by atoms with E-state index in [4.69, 9.17) is 18.9 Å². The second kappa shape index (κ2) is 8.11. The molecule has 142 valence electrons. The van der Waals surface area contributed by atoms with Crippen molar-refractivity contribution >= 4 is 11.7 Å². The summed E-state index contributed by atoms with van der Waals surface area (Å²) in [5.74, 6) is 1.36. The molecule has 0 aromatic heterocycles. The van der Waals surface area contributed by atoms with Gasteiger partial charge in [0.1, 0.15) is 0 Å². The highest BCUT2D eigenvalue weighted by molar-refractivity contribution is 5.89. The van der Waals surface area contributed by atoms with Crippen LogP contribution in [0.4, 0.5) is 10.5 Å². The molecule has 2 saturated heterocycles. The lowest BCUT2D eigenvalue weighted by Crippen LogP contribution is -2.46. The van der Waals surface area contributed by atoms with Crippen LogP contribution in [0.1, 0.15) is 6.42 Å². The molecule has 1 aromatic rings. The lowest BCUT2D eigenvalue weighted by molar-refractivity contribution is -0.00983. The van der Waals surface area contributed by atoms with E-state index in [9.17, 15) is 4.79 Å². The predicted octanol–water partition coefficient (Wildman–Crippen LogP) is 1.37. The summed E-state index contributed by atoms with van der Waals surface area (Å²) in [6.45, 7) is 6.39. The summed E-state index contributed by atoms with van der Waals surface area (Å²) < 4.78 is 22.0. The Morgan fingerprint density at radius 3 is 2.85 bits per heavy atom. The lowest BCUT2D eigenvalue weighted by atomic mass is 10.2. The van der Waals surface area contributed by atoms with E-state index in [1.165, 1.54) is 0 Å². The first-order valence-corrected chi connectivity index (χ1v) is 9.15. The Balaban J connectivity index is 1.35. The molecule has 0 unspecified atom stereocenters. The van der Waals surface area contributed by atoms with Gasteiger partial charge in [0.2, 0.25) is 6.79 Å². The molecule has 3 aliphatic heterocycles. The molecule has 0 spiro atoms. The number of nitrogens with one attached hydrogen (secondary N) is 1. The van der Waals surface area contributed by atoms with E-state index in [0.29, 0.717) is 36.9 Å². The summed E-state index contributed by atoms with van der Waals surface area (Å²) >= 11 is 0. The Morgan fingerprint density at radius 2 is 1.96 bits per heavy atom. The molecular weight excluding hydrogens is 338 g/mol. The maximum absolute atomic E-state index is 12.7. The Kier molecular flexibility index (Phi) is 5.42.